The van der Waals surface area contributed by atoms with Gasteiger partial charge in [0.2, 0.25) is 5.91 Å². The lowest BCUT2D eigenvalue weighted by molar-refractivity contribution is -0.116. The lowest BCUT2D eigenvalue weighted by Crippen LogP contribution is -2.13. The number of rotatable bonds is 6. The zero-order valence-electron chi connectivity index (χ0n) is 15.9. The number of hydrogen-bond acceptors (Lipinski definition) is 4. The number of fused-ring (bicyclic) bond motifs is 1. The van der Waals surface area contributed by atoms with Crippen LogP contribution in [-0.4, -0.2) is 31.1 Å². The molecule has 0 fully saturated rings. The second-order valence-electron chi connectivity index (χ2n) is 6.99. The number of anilines is 1. The fraction of sp³-hybridized carbons (Fsp3) is 0.238. The van der Waals surface area contributed by atoms with Gasteiger partial charge in [-0.1, -0.05) is 38.1 Å². The Balaban J connectivity index is 1.45. The van der Waals surface area contributed by atoms with E-state index in [2.05, 4.69) is 44.3 Å². The quantitative estimate of drug-likeness (QED) is 0.474. The highest BCUT2D eigenvalue weighted by molar-refractivity contribution is 5.94. The molecule has 2 aromatic heterocycles. The first-order chi connectivity index (χ1) is 13.6. The van der Waals surface area contributed by atoms with Crippen molar-refractivity contribution in [3.63, 3.8) is 0 Å². The Labute approximate surface area is 162 Å². The van der Waals surface area contributed by atoms with E-state index in [1.807, 2.05) is 48.5 Å². The Morgan fingerprint density at radius 3 is 2.64 bits per heavy atom. The van der Waals surface area contributed by atoms with Gasteiger partial charge in [0, 0.05) is 24.3 Å². The van der Waals surface area contributed by atoms with Crippen molar-refractivity contribution in [2.75, 3.05) is 5.32 Å². The number of aromatic nitrogens is 5. The van der Waals surface area contributed by atoms with Gasteiger partial charge in [-0.05, 0) is 24.3 Å². The molecule has 2 heterocycles. The molecule has 0 atom stereocenters. The van der Waals surface area contributed by atoms with Gasteiger partial charge in [0.25, 0.3) is 0 Å². The molecule has 0 saturated heterocycles. The second kappa shape index (κ2) is 7.64. The number of benzene rings is 2. The lowest BCUT2D eigenvalue weighted by Gasteiger charge is -2.08. The Kier molecular flexibility index (Phi) is 4.89. The van der Waals surface area contributed by atoms with Crippen LogP contribution in [-0.2, 0) is 11.2 Å². The molecule has 1 amide bonds. The third kappa shape index (κ3) is 3.78. The van der Waals surface area contributed by atoms with Crippen LogP contribution in [0.4, 0.5) is 5.69 Å². The summed E-state index contributed by atoms with van der Waals surface area (Å²) in [7, 11) is 0. The molecular weight excluding hydrogens is 352 g/mol. The predicted molar refractivity (Wildman–Crippen MR) is 109 cm³/mol. The van der Waals surface area contributed by atoms with E-state index in [9.17, 15) is 4.79 Å². The summed E-state index contributed by atoms with van der Waals surface area (Å²) in [6.07, 6.45) is 0.875. The molecule has 0 saturated carbocycles. The van der Waals surface area contributed by atoms with Crippen molar-refractivity contribution in [2.24, 2.45) is 0 Å². The van der Waals surface area contributed by atoms with Crippen molar-refractivity contribution < 1.29 is 4.79 Å². The van der Waals surface area contributed by atoms with Crippen LogP contribution in [0.2, 0.25) is 0 Å². The SMILES string of the molecule is CC(C)c1nc(-c2ccccc2NC(=O)CCc2nc3ccccc3[nH]2)n[nH]1. The molecule has 3 N–H and O–H groups in total. The Bertz CT molecular complexity index is 1080. The lowest BCUT2D eigenvalue weighted by atomic mass is 10.1. The fourth-order valence-electron chi connectivity index (χ4n) is 3.01. The van der Waals surface area contributed by atoms with E-state index < -0.39 is 0 Å². The molecule has 4 rings (SSSR count). The van der Waals surface area contributed by atoms with Gasteiger partial charge < -0.3 is 10.3 Å². The molecule has 0 aliphatic heterocycles. The number of imidazole rings is 1. The van der Waals surface area contributed by atoms with E-state index >= 15 is 0 Å². The molecule has 7 heteroatoms. The summed E-state index contributed by atoms with van der Waals surface area (Å²) >= 11 is 0. The number of para-hydroxylation sites is 3. The maximum Gasteiger partial charge on any atom is 0.224 e. The third-order valence-corrected chi connectivity index (χ3v) is 4.52. The number of hydrogen-bond donors (Lipinski definition) is 3. The van der Waals surface area contributed by atoms with Gasteiger partial charge in [-0.3, -0.25) is 9.89 Å². The van der Waals surface area contributed by atoms with Gasteiger partial charge in [0.15, 0.2) is 5.82 Å². The smallest absolute Gasteiger partial charge is 0.224 e. The van der Waals surface area contributed by atoms with Gasteiger partial charge in [0.1, 0.15) is 11.6 Å². The summed E-state index contributed by atoms with van der Waals surface area (Å²) in [5.74, 6) is 2.39. The number of carbonyl (C=O) groups excluding carboxylic acids is 1. The van der Waals surface area contributed by atoms with Crippen LogP contribution in [0, 0.1) is 0 Å². The molecule has 4 aromatic rings. The zero-order chi connectivity index (χ0) is 19.5. The minimum absolute atomic E-state index is 0.0764. The summed E-state index contributed by atoms with van der Waals surface area (Å²) in [4.78, 5) is 24.8. The molecule has 142 valence electrons. The molecule has 0 aliphatic carbocycles. The van der Waals surface area contributed by atoms with Crippen molar-refractivity contribution in [1.82, 2.24) is 25.1 Å². The van der Waals surface area contributed by atoms with Crippen LogP contribution < -0.4 is 5.32 Å². The Hall–Kier alpha value is -3.48. The molecule has 0 aliphatic rings. The van der Waals surface area contributed by atoms with Crippen LogP contribution in [0.5, 0.6) is 0 Å². The predicted octanol–water partition coefficient (Wildman–Crippen LogP) is 4.04. The largest absolute Gasteiger partial charge is 0.342 e. The summed E-state index contributed by atoms with van der Waals surface area (Å²) in [5, 5.41) is 10.2. The highest BCUT2D eigenvalue weighted by atomic mass is 16.1. The number of aromatic amines is 2. The van der Waals surface area contributed by atoms with Crippen LogP contribution >= 0.6 is 0 Å². The molecule has 28 heavy (non-hydrogen) atoms. The Morgan fingerprint density at radius 1 is 1.07 bits per heavy atom. The average Bonchev–Trinajstić information content (AvgIpc) is 3.34. The monoisotopic (exact) mass is 374 g/mol. The van der Waals surface area contributed by atoms with Crippen LogP contribution in [0.25, 0.3) is 22.4 Å². The van der Waals surface area contributed by atoms with Gasteiger partial charge >= 0.3 is 0 Å². The second-order valence-corrected chi connectivity index (χ2v) is 6.99. The molecule has 0 unspecified atom stereocenters. The number of aryl methyl sites for hydroxylation is 1. The minimum Gasteiger partial charge on any atom is -0.342 e. The van der Waals surface area contributed by atoms with Crippen molar-refractivity contribution in [3.8, 4) is 11.4 Å². The maximum absolute atomic E-state index is 12.5. The summed E-state index contributed by atoms with van der Waals surface area (Å²) in [5.41, 5.74) is 3.39. The first-order valence-electron chi connectivity index (χ1n) is 9.35. The van der Waals surface area contributed by atoms with E-state index in [1.54, 1.807) is 0 Å². The normalized spacial score (nSPS) is 11.2. The summed E-state index contributed by atoms with van der Waals surface area (Å²) in [6, 6.07) is 15.4. The number of nitrogens with one attached hydrogen (secondary N) is 3. The maximum atomic E-state index is 12.5. The molecule has 0 radical (unpaired) electrons. The number of nitrogens with zero attached hydrogens (tertiary/aromatic N) is 3. The standard InChI is InChI=1S/C21H22N6O/c1-13(2)20-25-21(27-26-20)14-7-3-4-8-15(14)24-19(28)12-11-18-22-16-9-5-6-10-17(16)23-18/h3-10,13H,11-12H2,1-2H3,(H,22,23)(H,24,28)(H,25,26,27). The van der Waals surface area contributed by atoms with E-state index in [-0.39, 0.29) is 11.8 Å². The number of amides is 1. The van der Waals surface area contributed by atoms with E-state index in [1.165, 1.54) is 0 Å². The highest BCUT2D eigenvalue weighted by Crippen LogP contribution is 2.26. The van der Waals surface area contributed by atoms with Crippen molar-refractivity contribution in [3.05, 3.63) is 60.2 Å². The molecule has 0 spiro atoms. The van der Waals surface area contributed by atoms with E-state index in [0.717, 1.165) is 28.2 Å². The fourth-order valence-corrected chi connectivity index (χ4v) is 3.01. The van der Waals surface area contributed by atoms with Gasteiger partial charge in [-0.15, -0.1) is 0 Å². The minimum atomic E-state index is -0.0764. The van der Waals surface area contributed by atoms with E-state index in [0.29, 0.717) is 24.4 Å². The van der Waals surface area contributed by atoms with Crippen LogP contribution in [0.1, 0.15) is 37.8 Å². The van der Waals surface area contributed by atoms with Gasteiger partial charge in [-0.25, -0.2) is 9.97 Å². The van der Waals surface area contributed by atoms with Crippen molar-refractivity contribution >= 4 is 22.6 Å². The molecule has 7 nitrogen and oxygen atoms in total. The zero-order valence-corrected chi connectivity index (χ0v) is 15.9. The highest BCUT2D eigenvalue weighted by Gasteiger charge is 2.14. The Morgan fingerprint density at radius 2 is 1.86 bits per heavy atom. The molecule has 0 bridgehead atoms. The summed E-state index contributed by atoms with van der Waals surface area (Å²) < 4.78 is 0. The van der Waals surface area contributed by atoms with E-state index in [4.69, 9.17) is 0 Å². The topological polar surface area (TPSA) is 99.3 Å². The van der Waals surface area contributed by atoms with Crippen molar-refractivity contribution in [2.45, 2.75) is 32.6 Å². The first-order valence-corrected chi connectivity index (χ1v) is 9.35. The van der Waals surface area contributed by atoms with Crippen molar-refractivity contribution in [1.29, 1.82) is 0 Å². The molecule has 2 aromatic carbocycles. The van der Waals surface area contributed by atoms with Crippen LogP contribution in [0.15, 0.2) is 48.5 Å². The first kappa shape index (κ1) is 17.9. The third-order valence-electron chi connectivity index (χ3n) is 4.52. The average molecular weight is 374 g/mol. The number of H-pyrrole nitrogens is 2. The summed E-state index contributed by atoms with van der Waals surface area (Å²) in [6.45, 7) is 4.10. The number of carbonyl (C=O) groups is 1. The van der Waals surface area contributed by atoms with Gasteiger partial charge in [0.05, 0.1) is 16.7 Å². The van der Waals surface area contributed by atoms with Gasteiger partial charge in [-0.2, -0.15) is 5.10 Å². The molecular formula is C21H22N6O. The van der Waals surface area contributed by atoms with Crippen LogP contribution in [0.3, 0.4) is 0 Å².